The third-order valence-corrected chi connectivity index (χ3v) is 4.51. The minimum Gasteiger partial charge on any atom is -0.333 e. The van der Waals surface area contributed by atoms with E-state index in [1.54, 1.807) is 6.92 Å². The quantitative estimate of drug-likeness (QED) is 0.806. The van der Waals surface area contributed by atoms with Crippen LogP contribution in [0.5, 0.6) is 0 Å². The summed E-state index contributed by atoms with van der Waals surface area (Å²) in [5.41, 5.74) is 9.09. The summed E-state index contributed by atoms with van der Waals surface area (Å²) in [6, 6.07) is 6.64. The monoisotopic (exact) mass is 403 g/mol. The first-order valence-corrected chi connectivity index (χ1v) is 10.8. The Kier molecular flexibility index (Phi) is 13.7. The Hall–Kier alpha value is -2.18. The Morgan fingerprint density at radius 3 is 2.45 bits per heavy atom. The maximum absolute atomic E-state index is 11.9. The SMILES string of the molecule is CC.CC.CN.CNCCn1cc(-c2ccc3c(c2)CC[C@H](C)N3C(C)=O)cn1. The van der Waals surface area contributed by atoms with E-state index in [0.29, 0.717) is 0 Å². The highest BCUT2D eigenvalue weighted by molar-refractivity contribution is 5.94. The summed E-state index contributed by atoms with van der Waals surface area (Å²) < 4.78 is 1.95. The van der Waals surface area contributed by atoms with Crippen LogP contribution in [0.1, 0.15) is 53.5 Å². The maximum atomic E-state index is 11.9. The van der Waals surface area contributed by atoms with E-state index in [-0.39, 0.29) is 11.9 Å². The van der Waals surface area contributed by atoms with Gasteiger partial charge in [-0.05, 0) is 57.1 Å². The van der Waals surface area contributed by atoms with Crippen LogP contribution in [0.2, 0.25) is 0 Å². The second-order valence-electron chi connectivity index (χ2n) is 6.22. The number of carbonyl (C=O) groups is 1. The van der Waals surface area contributed by atoms with E-state index in [9.17, 15) is 4.79 Å². The average Bonchev–Trinajstić information content (AvgIpc) is 3.25. The first kappa shape index (κ1) is 26.8. The lowest BCUT2D eigenvalue weighted by atomic mass is 9.94. The zero-order chi connectivity index (χ0) is 22.4. The fourth-order valence-electron chi connectivity index (χ4n) is 3.27. The minimum atomic E-state index is 0.117. The first-order valence-electron chi connectivity index (χ1n) is 10.8. The van der Waals surface area contributed by atoms with Gasteiger partial charge in [0, 0.05) is 37.0 Å². The lowest BCUT2D eigenvalue weighted by Gasteiger charge is -2.34. The van der Waals surface area contributed by atoms with E-state index in [0.717, 1.165) is 42.7 Å². The molecule has 0 unspecified atom stereocenters. The molecule has 0 saturated heterocycles. The van der Waals surface area contributed by atoms with Crippen LogP contribution in [-0.2, 0) is 17.8 Å². The highest BCUT2D eigenvalue weighted by Crippen LogP contribution is 2.34. The molecule has 3 rings (SSSR count). The summed E-state index contributed by atoms with van der Waals surface area (Å²) in [7, 11) is 3.44. The molecule has 0 spiro atoms. The summed E-state index contributed by atoms with van der Waals surface area (Å²) in [6.07, 6.45) is 6.01. The number of fused-ring (bicyclic) bond motifs is 1. The van der Waals surface area contributed by atoms with Crippen molar-refractivity contribution in [3.8, 4) is 11.1 Å². The van der Waals surface area contributed by atoms with Crippen LogP contribution in [-0.4, -0.2) is 42.4 Å². The second kappa shape index (κ2) is 14.8. The molecule has 2 aromatic rings. The molecular formula is C23H41N5O. The number of aryl methyl sites for hydroxylation is 1. The molecule has 1 aliphatic heterocycles. The van der Waals surface area contributed by atoms with Gasteiger partial charge in [-0.1, -0.05) is 33.8 Å². The predicted molar refractivity (Wildman–Crippen MR) is 125 cm³/mol. The Morgan fingerprint density at radius 1 is 1.21 bits per heavy atom. The molecular weight excluding hydrogens is 362 g/mol. The standard InChI is InChI=1S/C18H24N4O.2C2H6.CH5N/c1-13-4-5-16-10-15(6-7-18(16)22(13)14(2)23)17-11-20-21(12-17)9-8-19-3;3*1-2/h6-7,10-13,19H,4-5,8-9H2,1-3H3;2*1-2H3;2H2,1H3/t13-;;;/m0.../s1. The van der Waals surface area contributed by atoms with Crippen molar-refractivity contribution in [3.63, 3.8) is 0 Å². The molecule has 6 nitrogen and oxygen atoms in total. The summed E-state index contributed by atoms with van der Waals surface area (Å²) in [4.78, 5) is 13.9. The molecule has 1 aromatic carbocycles. The molecule has 164 valence electrons. The molecule has 6 heteroatoms. The van der Waals surface area contributed by atoms with Gasteiger partial charge < -0.3 is 16.0 Å². The normalized spacial score (nSPS) is 14.2. The molecule has 1 amide bonds. The van der Waals surface area contributed by atoms with E-state index in [1.165, 1.54) is 12.6 Å². The summed E-state index contributed by atoms with van der Waals surface area (Å²) in [5.74, 6) is 0.117. The molecule has 1 aromatic heterocycles. The van der Waals surface area contributed by atoms with Crippen molar-refractivity contribution < 1.29 is 4.79 Å². The van der Waals surface area contributed by atoms with Crippen molar-refractivity contribution in [2.45, 2.75) is 67.0 Å². The summed E-state index contributed by atoms with van der Waals surface area (Å²) in [5, 5.41) is 7.54. The highest BCUT2D eigenvalue weighted by Gasteiger charge is 2.26. The van der Waals surface area contributed by atoms with Gasteiger partial charge in [0.05, 0.1) is 12.7 Å². The van der Waals surface area contributed by atoms with Crippen LogP contribution in [0.3, 0.4) is 0 Å². The number of hydrogen-bond acceptors (Lipinski definition) is 4. The number of likely N-dealkylation sites (N-methyl/N-ethyl adjacent to an activating group) is 1. The van der Waals surface area contributed by atoms with Crippen LogP contribution in [0.25, 0.3) is 11.1 Å². The smallest absolute Gasteiger partial charge is 0.224 e. The van der Waals surface area contributed by atoms with Gasteiger partial charge >= 0.3 is 0 Å². The van der Waals surface area contributed by atoms with Gasteiger partial charge in [0.25, 0.3) is 0 Å². The zero-order valence-corrected chi connectivity index (χ0v) is 19.6. The third-order valence-electron chi connectivity index (χ3n) is 4.51. The molecule has 0 bridgehead atoms. The van der Waals surface area contributed by atoms with Crippen LogP contribution in [0, 0.1) is 0 Å². The molecule has 0 fully saturated rings. The number of benzene rings is 1. The number of nitrogens with two attached hydrogens (primary N) is 1. The van der Waals surface area contributed by atoms with Crippen LogP contribution >= 0.6 is 0 Å². The molecule has 29 heavy (non-hydrogen) atoms. The van der Waals surface area contributed by atoms with E-state index >= 15 is 0 Å². The molecule has 0 saturated carbocycles. The van der Waals surface area contributed by atoms with Gasteiger partial charge in [0.1, 0.15) is 0 Å². The van der Waals surface area contributed by atoms with E-state index in [2.05, 4.69) is 47.5 Å². The number of rotatable bonds is 4. The van der Waals surface area contributed by atoms with Gasteiger partial charge in [0.15, 0.2) is 0 Å². The van der Waals surface area contributed by atoms with Crippen molar-refractivity contribution in [2.24, 2.45) is 5.73 Å². The van der Waals surface area contributed by atoms with E-state index in [1.807, 2.05) is 50.5 Å². The van der Waals surface area contributed by atoms with Crippen molar-refractivity contribution >= 4 is 11.6 Å². The van der Waals surface area contributed by atoms with Crippen LogP contribution in [0.4, 0.5) is 5.69 Å². The number of hydrogen-bond donors (Lipinski definition) is 2. The van der Waals surface area contributed by atoms with Crippen molar-refractivity contribution in [1.29, 1.82) is 0 Å². The van der Waals surface area contributed by atoms with Gasteiger partial charge in [-0.2, -0.15) is 5.10 Å². The molecule has 0 aliphatic carbocycles. The van der Waals surface area contributed by atoms with Gasteiger partial charge in [-0.25, -0.2) is 0 Å². The Balaban J connectivity index is 0.00000120. The maximum Gasteiger partial charge on any atom is 0.224 e. The molecule has 1 aliphatic rings. The van der Waals surface area contributed by atoms with Crippen molar-refractivity contribution in [2.75, 3.05) is 25.5 Å². The molecule has 0 radical (unpaired) electrons. The lowest BCUT2D eigenvalue weighted by molar-refractivity contribution is -0.117. The Labute approximate surface area is 177 Å². The van der Waals surface area contributed by atoms with Crippen molar-refractivity contribution in [3.05, 3.63) is 36.2 Å². The number of aromatic nitrogens is 2. The first-order chi connectivity index (χ1) is 14.1. The lowest BCUT2D eigenvalue weighted by Crippen LogP contribution is -2.40. The zero-order valence-electron chi connectivity index (χ0n) is 19.6. The van der Waals surface area contributed by atoms with Gasteiger partial charge in [-0.15, -0.1) is 0 Å². The van der Waals surface area contributed by atoms with Gasteiger partial charge in [-0.3, -0.25) is 9.48 Å². The van der Waals surface area contributed by atoms with Gasteiger partial charge in [0.2, 0.25) is 5.91 Å². The number of amides is 1. The number of anilines is 1. The Morgan fingerprint density at radius 2 is 1.86 bits per heavy atom. The van der Waals surface area contributed by atoms with Crippen LogP contribution < -0.4 is 16.0 Å². The molecule has 3 N–H and O–H groups in total. The van der Waals surface area contributed by atoms with Crippen molar-refractivity contribution in [1.82, 2.24) is 15.1 Å². The van der Waals surface area contributed by atoms with E-state index in [4.69, 9.17) is 0 Å². The number of carbonyl (C=O) groups excluding carboxylic acids is 1. The topological polar surface area (TPSA) is 76.2 Å². The summed E-state index contributed by atoms with van der Waals surface area (Å²) >= 11 is 0. The summed E-state index contributed by atoms with van der Waals surface area (Å²) in [6.45, 7) is 13.5. The second-order valence-corrected chi connectivity index (χ2v) is 6.22. The minimum absolute atomic E-state index is 0.117. The average molecular weight is 404 g/mol. The van der Waals surface area contributed by atoms with Crippen LogP contribution in [0.15, 0.2) is 30.6 Å². The third kappa shape index (κ3) is 7.29. The number of nitrogens with one attached hydrogen (secondary N) is 1. The predicted octanol–water partition coefficient (Wildman–Crippen LogP) is 4.08. The molecule has 1 atom stereocenters. The Bertz CT molecular complexity index is 711. The fourth-order valence-corrected chi connectivity index (χ4v) is 3.27. The molecule has 2 heterocycles. The largest absolute Gasteiger partial charge is 0.333 e. The fraction of sp³-hybridized carbons (Fsp3) is 0.565. The van der Waals surface area contributed by atoms with E-state index < -0.39 is 0 Å². The highest BCUT2D eigenvalue weighted by atomic mass is 16.2. The number of nitrogens with zero attached hydrogens (tertiary/aromatic N) is 3.